The lowest BCUT2D eigenvalue weighted by Crippen LogP contribution is -2.39. The zero-order valence-corrected chi connectivity index (χ0v) is 9.02. The molecule has 0 aromatic carbocycles. The zero-order chi connectivity index (χ0) is 10.1. The number of hydrogen-bond donors (Lipinski definition) is 2. The van der Waals surface area contributed by atoms with Crippen LogP contribution in [0.4, 0.5) is 0 Å². The Hall–Kier alpha value is -0.130. The third kappa shape index (κ3) is 2.93. The van der Waals surface area contributed by atoms with Crippen molar-refractivity contribution in [2.24, 2.45) is 11.1 Å². The Morgan fingerprint density at radius 3 is 2.46 bits per heavy atom. The van der Waals surface area contributed by atoms with Crippen LogP contribution < -0.4 is 10.5 Å². The van der Waals surface area contributed by atoms with Crippen molar-refractivity contribution in [1.29, 1.82) is 0 Å². The summed E-state index contributed by atoms with van der Waals surface area (Å²) in [6.45, 7) is 4.44. The van der Waals surface area contributed by atoms with Crippen LogP contribution in [-0.4, -0.2) is 26.8 Å². The van der Waals surface area contributed by atoms with Crippen LogP contribution in [0.25, 0.3) is 0 Å². The Morgan fingerprint density at radius 2 is 2.08 bits per heavy atom. The van der Waals surface area contributed by atoms with Crippen LogP contribution in [0.15, 0.2) is 0 Å². The summed E-state index contributed by atoms with van der Waals surface area (Å²) in [5.74, 6) is 0. The van der Waals surface area contributed by atoms with Gasteiger partial charge in [0.2, 0.25) is 10.0 Å². The predicted molar refractivity (Wildman–Crippen MR) is 52.8 cm³/mol. The minimum atomic E-state index is -3.18. The lowest BCUT2D eigenvalue weighted by Gasteiger charge is -2.14. The Labute approximate surface area is 79.9 Å². The summed E-state index contributed by atoms with van der Waals surface area (Å²) < 4.78 is 25.5. The molecule has 0 amide bonds. The fourth-order valence-corrected chi connectivity index (χ4v) is 2.02. The minimum absolute atomic E-state index is 0.173. The smallest absolute Gasteiger partial charge is 0.215 e. The van der Waals surface area contributed by atoms with Crippen LogP contribution in [0.1, 0.15) is 26.7 Å². The highest BCUT2D eigenvalue weighted by Gasteiger charge is 2.38. The summed E-state index contributed by atoms with van der Waals surface area (Å²) in [5, 5.41) is -0.491. The van der Waals surface area contributed by atoms with Crippen molar-refractivity contribution in [2.75, 3.05) is 13.1 Å². The molecular weight excluding hydrogens is 188 g/mol. The number of hydrogen-bond acceptors (Lipinski definition) is 3. The second-order valence-electron chi connectivity index (χ2n) is 4.22. The summed E-state index contributed by atoms with van der Waals surface area (Å²) in [7, 11) is -3.18. The van der Waals surface area contributed by atoms with Gasteiger partial charge in [-0.15, -0.1) is 0 Å². The molecule has 1 aliphatic rings. The summed E-state index contributed by atoms with van der Waals surface area (Å²) in [4.78, 5) is 0. The van der Waals surface area contributed by atoms with Crippen LogP contribution in [0.3, 0.4) is 0 Å². The standard InChI is InChI=1S/C8H18N2O2S/c1-7(5-9)13(11,12)10-6-8(2)3-4-8/h7,10H,3-6,9H2,1-2H3. The van der Waals surface area contributed by atoms with Gasteiger partial charge < -0.3 is 5.73 Å². The van der Waals surface area contributed by atoms with Crippen LogP contribution in [0.5, 0.6) is 0 Å². The molecule has 0 radical (unpaired) electrons. The fraction of sp³-hybridized carbons (Fsp3) is 1.00. The normalized spacial score (nSPS) is 22.7. The van der Waals surface area contributed by atoms with E-state index in [0.29, 0.717) is 6.54 Å². The molecule has 13 heavy (non-hydrogen) atoms. The van der Waals surface area contributed by atoms with Gasteiger partial charge in [0.05, 0.1) is 5.25 Å². The van der Waals surface area contributed by atoms with E-state index in [1.165, 1.54) is 0 Å². The van der Waals surface area contributed by atoms with Crippen LogP contribution >= 0.6 is 0 Å². The van der Waals surface area contributed by atoms with E-state index in [1.807, 2.05) is 0 Å². The zero-order valence-electron chi connectivity index (χ0n) is 8.21. The van der Waals surface area contributed by atoms with Crippen molar-refractivity contribution in [3.63, 3.8) is 0 Å². The first-order valence-corrected chi connectivity index (χ1v) is 6.13. The summed E-state index contributed by atoms with van der Waals surface area (Å²) in [6, 6.07) is 0. The molecule has 1 atom stereocenters. The molecule has 0 bridgehead atoms. The van der Waals surface area contributed by atoms with Gasteiger partial charge in [-0.05, 0) is 25.2 Å². The number of nitrogens with two attached hydrogens (primary N) is 1. The predicted octanol–water partition coefficient (Wildman–Crippen LogP) is 0.0531. The second kappa shape index (κ2) is 3.55. The van der Waals surface area contributed by atoms with Gasteiger partial charge in [0, 0.05) is 13.1 Å². The van der Waals surface area contributed by atoms with Crippen molar-refractivity contribution in [3.8, 4) is 0 Å². The molecule has 0 aromatic heterocycles. The molecule has 78 valence electrons. The Morgan fingerprint density at radius 1 is 1.54 bits per heavy atom. The Kier molecular flexibility index (Phi) is 2.99. The molecule has 1 rings (SSSR count). The molecule has 0 spiro atoms. The molecule has 1 fully saturated rings. The van der Waals surface area contributed by atoms with Gasteiger partial charge in [0.25, 0.3) is 0 Å². The third-order valence-electron chi connectivity index (χ3n) is 2.67. The maximum absolute atomic E-state index is 11.4. The number of sulfonamides is 1. The van der Waals surface area contributed by atoms with Gasteiger partial charge in [0.15, 0.2) is 0 Å². The van der Waals surface area contributed by atoms with Crippen molar-refractivity contribution in [1.82, 2.24) is 4.72 Å². The van der Waals surface area contributed by atoms with Crippen molar-refractivity contribution in [2.45, 2.75) is 31.9 Å². The van der Waals surface area contributed by atoms with E-state index in [0.717, 1.165) is 12.8 Å². The van der Waals surface area contributed by atoms with E-state index in [1.54, 1.807) is 6.92 Å². The van der Waals surface area contributed by atoms with Gasteiger partial charge in [-0.1, -0.05) is 6.92 Å². The quantitative estimate of drug-likeness (QED) is 0.668. The van der Waals surface area contributed by atoms with Gasteiger partial charge in [-0.3, -0.25) is 0 Å². The molecule has 3 N–H and O–H groups in total. The largest absolute Gasteiger partial charge is 0.329 e. The fourth-order valence-electron chi connectivity index (χ4n) is 0.934. The highest BCUT2D eigenvalue weighted by molar-refractivity contribution is 7.90. The van der Waals surface area contributed by atoms with Gasteiger partial charge >= 0.3 is 0 Å². The first kappa shape index (κ1) is 10.9. The average molecular weight is 206 g/mol. The lowest BCUT2D eigenvalue weighted by atomic mass is 10.2. The highest BCUT2D eigenvalue weighted by Crippen LogP contribution is 2.44. The number of rotatable bonds is 5. The van der Waals surface area contributed by atoms with Crippen LogP contribution in [0, 0.1) is 5.41 Å². The van der Waals surface area contributed by atoms with Gasteiger partial charge in [0.1, 0.15) is 0 Å². The Balaban J connectivity index is 2.43. The third-order valence-corrected chi connectivity index (χ3v) is 4.46. The monoisotopic (exact) mass is 206 g/mol. The molecule has 0 heterocycles. The molecule has 1 saturated carbocycles. The van der Waals surface area contributed by atoms with E-state index in [4.69, 9.17) is 5.73 Å². The van der Waals surface area contributed by atoms with E-state index in [9.17, 15) is 8.42 Å². The highest BCUT2D eigenvalue weighted by atomic mass is 32.2. The van der Waals surface area contributed by atoms with Crippen molar-refractivity contribution in [3.05, 3.63) is 0 Å². The molecule has 0 aliphatic heterocycles. The molecular formula is C8H18N2O2S. The maximum atomic E-state index is 11.4. The lowest BCUT2D eigenvalue weighted by molar-refractivity contribution is 0.524. The van der Waals surface area contributed by atoms with E-state index < -0.39 is 15.3 Å². The van der Waals surface area contributed by atoms with Crippen molar-refractivity contribution >= 4 is 10.0 Å². The molecule has 1 aliphatic carbocycles. The minimum Gasteiger partial charge on any atom is -0.329 e. The molecule has 0 aromatic rings. The molecule has 4 nitrogen and oxygen atoms in total. The van der Waals surface area contributed by atoms with Gasteiger partial charge in [-0.25, -0.2) is 13.1 Å². The average Bonchev–Trinajstić information content (AvgIpc) is 2.80. The summed E-state index contributed by atoms with van der Waals surface area (Å²) in [5.41, 5.74) is 5.50. The SMILES string of the molecule is CC(CN)S(=O)(=O)NCC1(C)CC1. The first-order chi connectivity index (χ1) is 5.90. The molecule has 0 saturated heterocycles. The van der Waals surface area contributed by atoms with Crippen LogP contribution in [0.2, 0.25) is 0 Å². The van der Waals surface area contributed by atoms with Gasteiger partial charge in [-0.2, -0.15) is 0 Å². The summed E-state index contributed by atoms with van der Waals surface area (Å²) in [6.07, 6.45) is 2.24. The second-order valence-corrected chi connectivity index (χ2v) is 6.41. The molecule has 1 unspecified atom stereocenters. The maximum Gasteiger partial charge on any atom is 0.215 e. The van der Waals surface area contributed by atoms with Crippen LogP contribution in [-0.2, 0) is 10.0 Å². The summed E-state index contributed by atoms with van der Waals surface area (Å²) >= 11 is 0. The topological polar surface area (TPSA) is 72.2 Å². The molecule has 5 heteroatoms. The first-order valence-electron chi connectivity index (χ1n) is 4.58. The van der Waals surface area contributed by atoms with Crippen molar-refractivity contribution < 1.29 is 8.42 Å². The number of nitrogens with one attached hydrogen (secondary N) is 1. The van der Waals surface area contributed by atoms with E-state index in [2.05, 4.69) is 11.6 Å². The van der Waals surface area contributed by atoms with E-state index >= 15 is 0 Å². The Bertz CT molecular complexity index is 270. The van der Waals surface area contributed by atoms with E-state index in [-0.39, 0.29) is 12.0 Å².